The van der Waals surface area contributed by atoms with E-state index in [1.165, 1.54) is 36.4 Å². The first-order valence-corrected chi connectivity index (χ1v) is 14.2. The molecule has 0 saturated carbocycles. The molecule has 0 atom stereocenters. The summed E-state index contributed by atoms with van der Waals surface area (Å²) in [5, 5.41) is 23.6. The lowest BCUT2D eigenvalue weighted by Crippen LogP contribution is -2.28. The second kappa shape index (κ2) is 15.1. The van der Waals surface area contributed by atoms with Crippen molar-refractivity contribution in [3.05, 3.63) is 73.5 Å². The topological polar surface area (TPSA) is 129 Å². The number of furan rings is 1. The van der Waals surface area contributed by atoms with Crippen LogP contribution in [0.3, 0.4) is 0 Å². The number of nitro groups is 2. The van der Waals surface area contributed by atoms with Crippen molar-refractivity contribution in [3.8, 4) is 5.75 Å². The summed E-state index contributed by atoms with van der Waals surface area (Å²) in [6, 6.07) is 8.29. The molecule has 0 N–H and O–H groups in total. The van der Waals surface area contributed by atoms with Gasteiger partial charge in [0.25, 0.3) is 5.69 Å². The van der Waals surface area contributed by atoms with E-state index in [4.69, 9.17) is 9.15 Å². The molecule has 0 amide bonds. The Hall–Kier alpha value is -3.79. The zero-order valence-corrected chi connectivity index (χ0v) is 23.6. The molecule has 10 nitrogen and oxygen atoms in total. The van der Waals surface area contributed by atoms with Gasteiger partial charge in [-0.15, -0.1) is 0 Å². The molecule has 0 fully saturated rings. The first-order valence-electron chi connectivity index (χ1n) is 14.2. The van der Waals surface area contributed by atoms with Crippen molar-refractivity contribution in [1.82, 2.24) is 4.90 Å². The summed E-state index contributed by atoms with van der Waals surface area (Å²) in [6.07, 6.45) is 7.32. The van der Waals surface area contributed by atoms with Crippen LogP contribution in [0.1, 0.15) is 87.4 Å². The van der Waals surface area contributed by atoms with Crippen LogP contribution in [0.2, 0.25) is 0 Å². The molecule has 3 aromatic rings. The van der Waals surface area contributed by atoms with Gasteiger partial charge in [-0.3, -0.25) is 25.0 Å². The molecule has 0 bridgehead atoms. The number of carbonyl (C=O) groups excluding carboxylic acids is 1. The summed E-state index contributed by atoms with van der Waals surface area (Å²) in [4.78, 5) is 38.3. The van der Waals surface area contributed by atoms with Crippen LogP contribution in [0.15, 0.2) is 40.8 Å². The van der Waals surface area contributed by atoms with Gasteiger partial charge in [0, 0.05) is 42.1 Å². The van der Waals surface area contributed by atoms with Gasteiger partial charge >= 0.3 is 5.69 Å². The predicted octanol–water partition coefficient (Wildman–Crippen LogP) is 7.49. The fraction of sp³-hybridized carbons (Fsp3) is 0.500. The lowest BCUT2D eigenvalue weighted by molar-refractivity contribution is -0.385. The van der Waals surface area contributed by atoms with Gasteiger partial charge in [0.2, 0.25) is 0 Å². The van der Waals surface area contributed by atoms with Crippen LogP contribution in [-0.4, -0.2) is 46.8 Å². The summed E-state index contributed by atoms with van der Waals surface area (Å²) in [6.45, 7) is 9.56. The van der Waals surface area contributed by atoms with Gasteiger partial charge in [0.1, 0.15) is 11.3 Å². The number of carbonyl (C=O) groups is 1. The zero-order chi connectivity index (χ0) is 29.1. The van der Waals surface area contributed by atoms with Crippen molar-refractivity contribution in [2.24, 2.45) is 0 Å². The Balaban J connectivity index is 1.83. The lowest BCUT2D eigenvalue weighted by Gasteiger charge is -2.21. The number of nitro benzene ring substituents is 2. The van der Waals surface area contributed by atoms with Crippen LogP contribution in [0, 0.1) is 20.2 Å². The van der Waals surface area contributed by atoms with E-state index < -0.39 is 15.6 Å². The summed E-state index contributed by atoms with van der Waals surface area (Å²) >= 11 is 0. The number of aryl methyl sites for hydroxylation is 1. The van der Waals surface area contributed by atoms with Crippen LogP contribution in [0.4, 0.5) is 11.4 Å². The number of ether oxygens (including phenoxy) is 1. The van der Waals surface area contributed by atoms with Gasteiger partial charge in [-0.2, -0.15) is 0 Å². The number of fused-ring (bicyclic) bond motifs is 1. The summed E-state index contributed by atoms with van der Waals surface area (Å²) in [5.74, 6) is 0.0395. The number of hydrogen-bond donors (Lipinski definition) is 0. The summed E-state index contributed by atoms with van der Waals surface area (Å²) in [7, 11) is 0. The number of nitrogens with zero attached hydrogens (tertiary/aromatic N) is 3. The minimum Gasteiger partial charge on any atom is -0.487 e. The Morgan fingerprint density at radius 2 is 1.55 bits per heavy atom. The molecular formula is C30H39N3O7. The van der Waals surface area contributed by atoms with Crippen molar-refractivity contribution in [1.29, 1.82) is 0 Å². The first-order chi connectivity index (χ1) is 19.3. The van der Waals surface area contributed by atoms with Crippen molar-refractivity contribution in [2.75, 3.05) is 26.2 Å². The Morgan fingerprint density at radius 3 is 2.17 bits per heavy atom. The molecule has 40 heavy (non-hydrogen) atoms. The van der Waals surface area contributed by atoms with Gasteiger partial charge < -0.3 is 14.1 Å². The molecule has 0 radical (unpaired) electrons. The largest absolute Gasteiger partial charge is 0.487 e. The molecular weight excluding hydrogens is 514 g/mol. The maximum absolute atomic E-state index is 13.7. The third-order valence-corrected chi connectivity index (χ3v) is 6.89. The fourth-order valence-electron chi connectivity index (χ4n) is 4.65. The highest BCUT2D eigenvalue weighted by Gasteiger charge is 2.26. The number of benzene rings is 2. The number of non-ortho nitro benzene ring substituents is 1. The van der Waals surface area contributed by atoms with Gasteiger partial charge in [-0.05, 0) is 57.0 Å². The number of ketones is 1. The number of rotatable bonds is 18. The highest BCUT2D eigenvalue weighted by Crippen LogP contribution is 2.34. The van der Waals surface area contributed by atoms with Gasteiger partial charge in [-0.1, -0.05) is 40.0 Å². The standard InChI is InChI=1S/C30H39N3O7/c1-4-7-11-28-29(24-21-23(32(35)36)13-15-26(24)40-28)30(34)22-12-14-27(25(20-22)33(37)38)39-19-10-18-31(16-8-5-2)17-9-6-3/h12-15,20-21H,4-11,16-19H2,1-3H3. The number of hydrogen-bond acceptors (Lipinski definition) is 8. The minimum atomic E-state index is -0.558. The normalized spacial score (nSPS) is 11.3. The van der Waals surface area contributed by atoms with E-state index in [9.17, 15) is 25.0 Å². The molecule has 3 rings (SSSR count). The molecule has 1 aromatic heterocycles. The van der Waals surface area contributed by atoms with Gasteiger partial charge in [0.15, 0.2) is 11.5 Å². The van der Waals surface area contributed by atoms with E-state index in [2.05, 4.69) is 18.7 Å². The molecule has 0 unspecified atom stereocenters. The smallest absolute Gasteiger partial charge is 0.311 e. The van der Waals surface area contributed by atoms with Gasteiger partial charge in [-0.25, -0.2) is 0 Å². The van der Waals surface area contributed by atoms with Crippen molar-refractivity contribution in [3.63, 3.8) is 0 Å². The summed E-state index contributed by atoms with van der Waals surface area (Å²) < 4.78 is 11.7. The number of unbranched alkanes of at least 4 members (excludes halogenated alkanes) is 3. The van der Waals surface area contributed by atoms with Crippen LogP contribution in [0.25, 0.3) is 11.0 Å². The molecule has 0 spiro atoms. The molecule has 0 aliphatic heterocycles. The average molecular weight is 554 g/mol. The van der Waals surface area contributed by atoms with E-state index in [0.717, 1.165) is 64.6 Å². The lowest BCUT2D eigenvalue weighted by atomic mass is 9.97. The van der Waals surface area contributed by atoms with Crippen LogP contribution >= 0.6 is 0 Å². The Morgan fingerprint density at radius 1 is 0.875 bits per heavy atom. The fourth-order valence-corrected chi connectivity index (χ4v) is 4.65. The quantitative estimate of drug-likeness (QED) is 0.0685. The van der Waals surface area contributed by atoms with Crippen molar-refractivity contribution >= 4 is 28.1 Å². The molecule has 216 valence electrons. The van der Waals surface area contributed by atoms with Gasteiger partial charge in [0.05, 0.1) is 22.0 Å². The Bertz CT molecular complexity index is 1310. The molecule has 1 heterocycles. The van der Waals surface area contributed by atoms with Crippen molar-refractivity contribution in [2.45, 2.75) is 72.1 Å². The third kappa shape index (κ3) is 7.88. The molecule has 2 aromatic carbocycles. The van der Waals surface area contributed by atoms with Crippen LogP contribution in [-0.2, 0) is 6.42 Å². The van der Waals surface area contributed by atoms with Crippen LogP contribution < -0.4 is 4.74 Å². The molecule has 0 aliphatic carbocycles. The SMILES string of the molecule is CCCCc1oc2ccc([N+](=O)[O-])cc2c1C(=O)c1ccc(OCCCN(CCCC)CCCC)c([N+](=O)[O-])c1. The third-order valence-electron chi connectivity index (χ3n) is 6.89. The maximum atomic E-state index is 13.7. The molecule has 10 heteroatoms. The first kappa shape index (κ1) is 30.7. The zero-order valence-electron chi connectivity index (χ0n) is 23.6. The summed E-state index contributed by atoms with van der Waals surface area (Å²) in [5.41, 5.74) is 0.197. The highest BCUT2D eigenvalue weighted by molar-refractivity contribution is 6.17. The van der Waals surface area contributed by atoms with Crippen molar-refractivity contribution < 1.29 is 23.8 Å². The second-order valence-electron chi connectivity index (χ2n) is 9.96. The maximum Gasteiger partial charge on any atom is 0.311 e. The van der Waals surface area contributed by atoms with E-state index in [-0.39, 0.29) is 28.3 Å². The Labute approximate surface area is 234 Å². The van der Waals surface area contributed by atoms with E-state index >= 15 is 0 Å². The average Bonchev–Trinajstić information content (AvgIpc) is 3.32. The van der Waals surface area contributed by atoms with E-state index in [0.29, 0.717) is 29.8 Å². The Kier molecular flexibility index (Phi) is 11.6. The van der Waals surface area contributed by atoms with Crippen LogP contribution in [0.5, 0.6) is 5.75 Å². The molecule has 0 saturated heterocycles. The highest BCUT2D eigenvalue weighted by atomic mass is 16.6. The second-order valence-corrected chi connectivity index (χ2v) is 9.96. The monoisotopic (exact) mass is 553 g/mol. The van der Waals surface area contributed by atoms with E-state index in [1.807, 2.05) is 6.92 Å². The predicted molar refractivity (Wildman–Crippen MR) is 154 cm³/mol. The molecule has 0 aliphatic rings. The minimum absolute atomic E-state index is 0.0938. The van der Waals surface area contributed by atoms with E-state index in [1.54, 1.807) is 0 Å².